The normalized spacial score (nSPS) is 12.7. The van der Waals surface area contributed by atoms with Gasteiger partial charge in [0.2, 0.25) is 0 Å². The molecule has 174 valence electrons. The van der Waals surface area contributed by atoms with Crippen molar-refractivity contribution in [1.29, 1.82) is 0 Å². The maximum absolute atomic E-state index is 14.3. The van der Waals surface area contributed by atoms with Crippen molar-refractivity contribution in [2.45, 2.75) is 32.5 Å². The standard InChI is InChI=1S/C26H18Cl2F2O4/c27-19-6-2-8-21(29)17(19)12-32-14-10-23(33-13-18-20(28)7-3-9-22(18)30)25-15-4-1-5-16(15)26(31)34-24(25)11-14/h2-3,6-11H,1,4-5,12-13H2. The van der Waals surface area contributed by atoms with Gasteiger partial charge in [-0.2, -0.15) is 0 Å². The molecule has 1 heterocycles. The number of rotatable bonds is 6. The molecule has 1 aliphatic carbocycles. The van der Waals surface area contributed by atoms with Gasteiger partial charge in [-0.15, -0.1) is 0 Å². The van der Waals surface area contributed by atoms with E-state index in [0.717, 1.165) is 12.0 Å². The molecule has 0 amide bonds. The van der Waals surface area contributed by atoms with Gasteiger partial charge in [0.25, 0.3) is 0 Å². The fourth-order valence-electron chi connectivity index (χ4n) is 4.19. The fraction of sp³-hybridized carbons (Fsp3) is 0.192. The van der Waals surface area contributed by atoms with Gasteiger partial charge in [0, 0.05) is 28.8 Å². The quantitative estimate of drug-likeness (QED) is 0.265. The molecular weight excluding hydrogens is 485 g/mol. The molecule has 0 atom stereocenters. The number of aryl methyl sites for hydroxylation is 1. The number of hydrogen-bond donors (Lipinski definition) is 0. The molecule has 4 aromatic rings. The Labute approximate surface area is 203 Å². The average Bonchev–Trinajstić information content (AvgIpc) is 3.29. The smallest absolute Gasteiger partial charge is 0.339 e. The first-order valence-electron chi connectivity index (χ1n) is 10.7. The highest BCUT2D eigenvalue weighted by Gasteiger charge is 2.24. The van der Waals surface area contributed by atoms with Gasteiger partial charge >= 0.3 is 5.63 Å². The topological polar surface area (TPSA) is 48.7 Å². The summed E-state index contributed by atoms with van der Waals surface area (Å²) in [5.74, 6) is -0.352. The number of halogens is 4. The molecule has 3 aromatic carbocycles. The lowest BCUT2D eigenvalue weighted by Crippen LogP contribution is -2.08. The summed E-state index contributed by atoms with van der Waals surface area (Å²) in [5, 5.41) is 1.11. The molecule has 0 spiro atoms. The second-order valence-corrected chi connectivity index (χ2v) is 8.79. The number of fused-ring (bicyclic) bond motifs is 3. The molecule has 0 radical (unpaired) electrons. The molecule has 0 unspecified atom stereocenters. The van der Waals surface area contributed by atoms with Crippen LogP contribution in [0.15, 0.2) is 57.7 Å². The summed E-state index contributed by atoms with van der Waals surface area (Å²) in [6.07, 6.45) is 2.14. The van der Waals surface area contributed by atoms with Gasteiger partial charge in [-0.1, -0.05) is 35.3 Å². The van der Waals surface area contributed by atoms with E-state index in [4.69, 9.17) is 37.1 Å². The van der Waals surface area contributed by atoms with Crippen molar-refractivity contribution in [1.82, 2.24) is 0 Å². The Morgan fingerprint density at radius 3 is 2.12 bits per heavy atom. The zero-order chi connectivity index (χ0) is 23.8. The van der Waals surface area contributed by atoms with Gasteiger partial charge < -0.3 is 13.9 Å². The highest BCUT2D eigenvalue weighted by molar-refractivity contribution is 6.31. The van der Waals surface area contributed by atoms with E-state index in [1.165, 1.54) is 24.3 Å². The van der Waals surface area contributed by atoms with Gasteiger partial charge in [0.1, 0.15) is 41.9 Å². The van der Waals surface area contributed by atoms with Crippen LogP contribution in [0.3, 0.4) is 0 Å². The SMILES string of the molecule is O=c1oc2cc(OCc3c(F)cccc3Cl)cc(OCc3c(F)cccc3Cl)c2c2c1CCC2. The first-order chi connectivity index (χ1) is 16.4. The van der Waals surface area contributed by atoms with Crippen LogP contribution in [-0.4, -0.2) is 0 Å². The van der Waals surface area contributed by atoms with E-state index in [9.17, 15) is 13.6 Å². The van der Waals surface area contributed by atoms with Crippen LogP contribution in [0.1, 0.15) is 28.7 Å². The average molecular weight is 503 g/mol. The predicted octanol–water partition coefficient (Wildman–Crippen LogP) is 7.02. The third-order valence-corrected chi connectivity index (χ3v) is 6.59. The fourth-order valence-corrected chi connectivity index (χ4v) is 4.63. The van der Waals surface area contributed by atoms with Crippen molar-refractivity contribution in [2.24, 2.45) is 0 Å². The third kappa shape index (κ3) is 4.24. The molecule has 0 saturated carbocycles. The van der Waals surface area contributed by atoms with Crippen LogP contribution in [0.25, 0.3) is 11.0 Å². The van der Waals surface area contributed by atoms with Gasteiger partial charge in [0.05, 0.1) is 15.4 Å². The molecule has 34 heavy (non-hydrogen) atoms. The molecule has 0 N–H and O–H groups in total. The van der Waals surface area contributed by atoms with Crippen LogP contribution in [-0.2, 0) is 26.1 Å². The second-order valence-electron chi connectivity index (χ2n) is 7.97. The Bertz CT molecular complexity index is 1430. The van der Waals surface area contributed by atoms with Crippen LogP contribution in [0.4, 0.5) is 8.78 Å². The van der Waals surface area contributed by atoms with Gasteiger partial charge in [0.15, 0.2) is 0 Å². The molecule has 1 aromatic heterocycles. The van der Waals surface area contributed by atoms with E-state index >= 15 is 0 Å². The minimum atomic E-state index is -0.497. The van der Waals surface area contributed by atoms with E-state index in [2.05, 4.69) is 0 Å². The monoisotopic (exact) mass is 502 g/mol. The lowest BCUT2D eigenvalue weighted by molar-refractivity contribution is 0.286. The van der Waals surface area contributed by atoms with Crippen molar-refractivity contribution in [2.75, 3.05) is 0 Å². The van der Waals surface area contributed by atoms with Crippen LogP contribution >= 0.6 is 23.2 Å². The third-order valence-electron chi connectivity index (χ3n) is 5.89. The van der Waals surface area contributed by atoms with E-state index in [0.29, 0.717) is 29.5 Å². The molecule has 0 bridgehead atoms. The maximum atomic E-state index is 14.3. The van der Waals surface area contributed by atoms with Crippen molar-refractivity contribution in [3.8, 4) is 11.5 Å². The Morgan fingerprint density at radius 1 is 0.853 bits per heavy atom. The number of benzene rings is 3. The van der Waals surface area contributed by atoms with E-state index in [1.807, 2.05) is 0 Å². The zero-order valence-electron chi connectivity index (χ0n) is 17.8. The Kier molecular flexibility index (Phi) is 6.19. The van der Waals surface area contributed by atoms with Crippen LogP contribution in [0, 0.1) is 11.6 Å². The summed E-state index contributed by atoms with van der Waals surface area (Å²) in [6, 6.07) is 11.9. The lowest BCUT2D eigenvalue weighted by Gasteiger charge is -2.15. The summed E-state index contributed by atoms with van der Waals surface area (Å²) < 4.78 is 45.9. The summed E-state index contributed by atoms with van der Waals surface area (Å²) in [7, 11) is 0. The highest BCUT2D eigenvalue weighted by atomic mass is 35.5. The lowest BCUT2D eigenvalue weighted by atomic mass is 10.1. The maximum Gasteiger partial charge on any atom is 0.339 e. The second kappa shape index (κ2) is 9.28. The molecule has 0 fully saturated rings. The van der Waals surface area contributed by atoms with E-state index in [1.54, 1.807) is 24.3 Å². The minimum Gasteiger partial charge on any atom is -0.488 e. The molecule has 0 saturated heterocycles. The molecular formula is C26H18Cl2F2O4. The Balaban J connectivity index is 1.55. The number of ether oxygens (including phenoxy) is 2. The Morgan fingerprint density at radius 2 is 1.47 bits per heavy atom. The van der Waals surface area contributed by atoms with Crippen molar-refractivity contribution in [3.05, 3.63) is 103 Å². The van der Waals surface area contributed by atoms with Crippen LogP contribution in [0.2, 0.25) is 10.0 Å². The predicted molar refractivity (Wildman–Crippen MR) is 126 cm³/mol. The summed E-state index contributed by atoms with van der Waals surface area (Å²) >= 11 is 12.3. The Hall–Kier alpha value is -3.09. The van der Waals surface area contributed by atoms with Crippen LogP contribution in [0.5, 0.6) is 11.5 Å². The van der Waals surface area contributed by atoms with Gasteiger partial charge in [-0.25, -0.2) is 13.6 Å². The van der Waals surface area contributed by atoms with Crippen molar-refractivity contribution < 1.29 is 22.7 Å². The largest absolute Gasteiger partial charge is 0.488 e. The molecule has 5 rings (SSSR count). The number of hydrogen-bond acceptors (Lipinski definition) is 4. The highest BCUT2D eigenvalue weighted by Crippen LogP contribution is 2.38. The summed E-state index contributed by atoms with van der Waals surface area (Å²) in [5.41, 5.74) is 1.74. The van der Waals surface area contributed by atoms with Crippen LogP contribution < -0.4 is 15.1 Å². The first kappa shape index (κ1) is 22.7. The van der Waals surface area contributed by atoms with Gasteiger partial charge in [-0.3, -0.25) is 0 Å². The molecule has 4 nitrogen and oxygen atoms in total. The molecule has 1 aliphatic rings. The molecule has 0 aliphatic heterocycles. The van der Waals surface area contributed by atoms with Gasteiger partial charge in [-0.05, 0) is 49.1 Å². The van der Waals surface area contributed by atoms with Crippen molar-refractivity contribution in [3.63, 3.8) is 0 Å². The summed E-state index contributed by atoms with van der Waals surface area (Å²) in [6.45, 7) is -0.290. The zero-order valence-corrected chi connectivity index (χ0v) is 19.3. The minimum absolute atomic E-state index is 0.142. The van der Waals surface area contributed by atoms with Crippen molar-refractivity contribution >= 4 is 34.2 Å². The first-order valence-corrected chi connectivity index (χ1v) is 11.4. The van der Waals surface area contributed by atoms with E-state index < -0.39 is 17.3 Å². The van der Waals surface area contributed by atoms with E-state index in [-0.39, 0.29) is 45.7 Å². The summed E-state index contributed by atoms with van der Waals surface area (Å²) in [4.78, 5) is 12.5. The molecule has 8 heteroatoms.